The number of hydrogen-bond donors (Lipinski definition) is 1. The predicted molar refractivity (Wildman–Crippen MR) is 136 cm³/mol. The van der Waals surface area contributed by atoms with Crippen molar-refractivity contribution < 1.29 is 9.84 Å². The molecule has 0 atom stereocenters. The van der Waals surface area contributed by atoms with E-state index < -0.39 is 5.60 Å². The van der Waals surface area contributed by atoms with E-state index >= 15 is 0 Å². The maximum absolute atomic E-state index is 13.4. The van der Waals surface area contributed by atoms with Crippen LogP contribution in [0.3, 0.4) is 0 Å². The first kappa shape index (κ1) is 22.7. The van der Waals surface area contributed by atoms with E-state index in [1.54, 1.807) is 48.5 Å². The summed E-state index contributed by atoms with van der Waals surface area (Å²) in [6.07, 6.45) is 3.50. The molecule has 0 spiro atoms. The molecule has 4 aromatic heterocycles. The highest BCUT2D eigenvalue weighted by molar-refractivity contribution is 6.04. The van der Waals surface area contributed by atoms with E-state index in [9.17, 15) is 9.90 Å². The molecule has 0 aliphatic carbocycles. The number of hydrogen-bond acceptors (Lipinski definition) is 6. The van der Waals surface area contributed by atoms with Gasteiger partial charge < -0.3 is 9.84 Å². The van der Waals surface area contributed by atoms with Gasteiger partial charge in [-0.25, -0.2) is 9.78 Å². The lowest BCUT2D eigenvalue weighted by Gasteiger charge is -2.18. The van der Waals surface area contributed by atoms with Crippen LogP contribution in [0.15, 0.2) is 59.7 Å². The Labute approximate surface area is 202 Å². The first-order valence-electron chi connectivity index (χ1n) is 11.5. The first-order valence-corrected chi connectivity index (χ1v) is 11.5. The fourth-order valence-electron chi connectivity index (χ4n) is 4.32. The zero-order chi connectivity index (χ0) is 24.9. The van der Waals surface area contributed by atoms with Crippen molar-refractivity contribution in [2.24, 2.45) is 7.05 Å². The number of nitrogens with zero attached hydrogens (tertiary/aromatic N) is 5. The topological polar surface area (TPSA) is 95.1 Å². The number of pyridine rings is 3. The van der Waals surface area contributed by atoms with Crippen LogP contribution in [0, 0.1) is 6.92 Å². The van der Waals surface area contributed by atoms with Crippen LogP contribution in [0.2, 0.25) is 0 Å². The molecule has 8 nitrogen and oxygen atoms in total. The molecule has 0 amide bonds. The average Bonchev–Trinajstić information content (AvgIpc) is 3.09. The van der Waals surface area contributed by atoms with Crippen molar-refractivity contribution in [3.05, 3.63) is 76.7 Å². The number of rotatable bonds is 5. The molecular weight excluding hydrogens is 442 g/mol. The van der Waals surface area contributed by atoms with Crippen molar-refractivity contribution in [2.75, 3.05) is 6.61 Å². The van der Waals surface area contributed by atoms with Crippen LogP contribution in [0.5, 0.6) is 5.88 Å². The second-order valence-corrected chi connectivity index (χ2v) is 9.08. The van der Waals surface area contributed by atoms with Gasteiger partial charge in [0.25, 0.3) is 0 Å². The normalized spacial score (nSPS) is 11.9. The molecule has 0 radical (unpaired) electrons. The van der Waals surface area contributed by atoms with Crippen LogP contribution in [-0.4, -0.2) is 35.8 Å². The number of ether oxygens (including phenoxy) is 1. The summed E-state index contributed by atoms with van der Waals surface area (Å²) < 4.78 is 8.73. The van der Waals surface area contributed by atoms with E-state index in [1.165, 1.54) is 0 Å². The number of aryl methyl sites for hydroxylation is 2. The highest BCUT2D eigenvalue weighted by atomic mass is 16.5. The third-order valence-corrected chi connectivity index (χ3v) is 6.17. The largest absolute Gasteiger partial charge is 0.478 e. The molecule has 1 aromatic carbocycles. The lowest BCUT2D eigenvalue weighted by Crippen LogP contribution is -2.23. The summed E-state index contributed by atoms with van der Waals surface area (Å²) >= 11 is 0. The molecule has 0 bridgehead atoms. The monoisotopic (exact) mass is 469 g/mol. The summed E-state index contributed by atoms with van der Waals surface area (Å²) in [4.78, 5) is 27.0. The number of benzene rings is 1. The second kappa shape index (κ2) is 8.32. The van der Waals surface area contributed by atoms with Gasteiger partial charge in [0.1, 0.15) is 5.60 Å². The number of fused-ring (bicyclic) bond motifs is 3. The van der Waals surface area contributed by atoms with Crippen LogP contribution in [0.25, 0.3) is 38.8 Å². The molecule has 8 heteroatoms. The molecule has 0 aliphatic heterocycles. The molecule has 1 N–H and O–H groups in total. The van der Waals surface area contributed by atoms with Crippen molar-refractivity contribution in [1.29, 1.82) is 0 Å². The summed E-state index contributed by atoms with van der Waals surface area (Å²) in [6, 6.07) is 13.4. The maximum atomic E-state index is 13.4. The van der Waals surface area contributed by atoms with Crippen molar-refractivity contribution in [2.45, 2.75) is 33.3 Å². The minimum Gasteiger partial charge on any atom is -0.478 e. The van der Waals surface area contributed by atoms with Crippen LogP contribution in [0.1, 0.15) is 32.2 Å². The van der Waals surface area contributed by atoms with Gasteiger partial charge in [-0.1, -0.05) is 6.07 Å². The average molecular weight is 470 g/mol. The van der Waals surface area contributed by atoms with Crippen molar-refractivity contribution in [3.63, 3.8) is 0 Å². The van der Waals surface area contributed by atoms with Gasteiger partial charge in [0.05, 0.1) is 46.4 Å². The van der Waals surface area contributed by atoms with Crippen LogP contribution in [-0.2, 0) is 12.6 Å². The molecule has 0 unspecified atom stereocenters. The van der Waals surface area contributed by atoms with Crippen LogP contribution >= 0.6 is 0 Å². The highest BCUT2D eigenvalue weighted by Crippen LogP contribution is 2.31. The Morgan fingerprint density at radius 2 is 1.80 bits per heavy atom. The van der Waals surface area contributed by atoms with Crippen LogP contribution in [0.4, 0.5) is 0 Å². The van der Waals surface area contributed by atoms with Gasteiger partial charge in [-0.15, -0.1) is 0 Å². The van der Waals surface area contributed by atoms with Crippen LogP contribution < -0.4 is 10.4 Å². The van der Waals surface area contributed by atoms with E-state index in [4.69, 9.17) is 4.74 Å². The summed E-state index contributed by atoms with van der Waals surface area (Å²) in [5, 5.41) is 11.2. The Kier molecular flexibility index (Phi) is 5.40. The third kappa shape index (κ3) is 3.85. The fraction of sp³-hybridized carbons (Fsp3) is 0.259. The summed E-state index contributed by atoms with van der Waals surface area (Å²) in [7, 11) is 1.74. The molecular formula is C27H27N5O3. The highest BCUT2D eigenvalue weighted by Gasteiger charge is 2.22. The molecule has 178 valence electrons. The molecule has 4 heterocycles. The molecule has 0 aliphatic rings. The molecule has 5 aromatic rings. The van der Waals surface area contributed by atoms with Gasteiger partial charge in [-0.05, 0) is 63.6 Å². The van der Waals surface area contributed by atoms with E-state index in [2.05, 4.69) is 15.0 Å². The molecule has 35 heavy (non-hydrogen) atoms. The fourth-order valence-corrected chi connectivity index (χ4v) is 4.32. The standard InChI is InChI=1S/C27H27N5O3/c1-6-35-24-12-8-18(14-29-24)17-7-9-20-19(13-17)25-22(15-28-20)31(5)26(33)32(25)21-10-11-23(27(3,4)34)30-16(21)2/h7-15,34H,6H2,1-5H3. The van der Waals surface area contributed by atoms with Gasteiger partial charge >= 0.3 is 5.69 Å². The molecule has 0 saturated heterocycles. The minimum absolute atomic E-state index is 0.191. The van der Waals surface area contributed by atoms with Crippen molar-refractivity contribution in [1.82, 2.24) is 24.1 Å². The molecule has 5 rings (SSSR count). The SMILES string of the molecule is CCOc1ccc(-c2ccc3ncc4c(c3c2)n(-c2ccc(C(C)(C)O)nc2C)c(=O)n4C)cn1. The number of imidazole rings is 1. The van der Waals surface area contributed by atoms with Gasteiger partial charge in [-0.2, -0.15) is 0 Å². The van der Waals surface area contributed by atoms with E-state index in [1.807, 2.05) is 50.2 Å². The van der Waals surface area contributed by atoms with Gasteiger partial charge in [0, 0.05) is 30.3 Å². The number of aromatic nitrogens is 5. The third-order valence-electron chi connectivity index (χ3n) is 6.17. The lowest BCUT2D eigenvalue weighted by molar-refractivity contribution is 0.0737. The molecule has 0 saturated carbocycles. The van der Waals surface area contributed by atoms with Gasteiger partial charge in [-0.3, -0.25) is 19.1 Å². The molecule has 0 fully saturated rings. The van der Waals surface area contributed by atoms with Crippen molar-refractivity contribution >= 4 is 21.9 Å². The van der Waals surface area contributed by atoms with E-state index in [-0.39, 0.29) is 5.69 Å². The van der Waals surface area contributed by atoms with Crippen molar-refractivity contribution in [3.8, 4) is 22.7 Å². The van der Waals surface area contributed by atoms with Gasteiger partial charge in [0.2, 0.25) is 5.88 Å². The smallest absolute Gasteiger partial charge is 0.333 e. The zero-order valence-electron chi connectivity index (χ0n) is 20.4. The number of aliphatic hydroxyl groups is 1. The Balaban J connectivity index is 1.76. The second-order valence-electron chi connectivity index (χ2n) is 9.08. The quantitative estimate of drug-likeness (QED) is 0.413. The summed E-state index contributed by atoms with van der Waals surface area (Å²) in [5.74, 6) is 0.579. The Morgan fingerprint density at radius 3 is 2.46 bits per heavy atom. The Hall–Kier alpha value is -4.04. The Morgan fingerprint density at radius 1 is 1.03 bits per heavy atom. The van der Waals surface area contributed by atoms with Gasteiger partial charge in [0.15, 0.2) is 0 Å². The Bertz CT molecular complexity index is 1630. The van der Waals surface area contributed by atoms with E-state index in [0.717, 1.165) is 33.1 Å². The summed E-state index contributed by atoms with van der Waals surface area (Å²) in [6.45, 7) is 7.70. The first-order chi connectivity index (χ1) is 16.7. The zero-order valence-corrected chi connectivity index (χ0v) is 20.4. The van der Waals surface area contributed by atoms with E-state index in [0.29, 0.717) is 29.6 Å². The summed E-state index contributed by atoms with van der Waals surface area (Å²) in [5.41, 5.74) is 4.72. The maximum Gasteiger partial charge on any atom is 0.333 e. The lowest BCUT2D eigenvalue weighted by atomic mass is 10.0. The minimum atomic E-state index is -1.08. The predicted octanol–water partition coefficient (Wildman–Crippen LogP) is 4.27.